The van der Waals surface area contributed by atoms with Crippen LogP contribution in [0.5, 0.6) is 5.88 Å². The lowest BCUT2D eigenvalue weighted by Crippen LogP contribution is -2.23. The number of hydrogen-bond acceptors (Lipinski definition) is 7. The van der Waals surface area contributed by atoms with Crippen LogP contribution >= 0.6 is 0 Å². The number of aromatic nitrogens is 1. The van der Waals surface area contributed by atoms with Crippen molar-refractivity contribution < 1.29 is 13.5 Å². The Morgan fingerprint density at radius 1 is 1.35 bits per heavy atom. The molecule has 0 spiro atoms. The molecule has 9 nitrogen and oxygen atoms in total. The van der Waals surface area contributed by atoms with Crippen molar-refractivity contribution in [3.63, 3.8) is 0 Å². The number of rotatable bonds is 6. The number of sulfonamides is 1. The van der Waals surface area contributed by atoms with Gasteiger partial charge in [-0.3, -0.25) is 9.78 Å². The van der Waals surface area contributed by atoms with Gasteiger partial charge in [-0.2, -0.15) is 10.4 Å². The summed E-state index contributed by atoms with van der Waals surface area (Å²) in [5, 5.41) is 26.2. The Kier molecular flexibility index (Phi) is 5.66. The molecule has 0 fully saturated rings. The first kappa shape index (κ1) is 19.0. The maximum atomic E-state index is 12.0. The SMILES string of the molecule is C=CCNS(=O)(=O)c1ccc(N=Nc2c(C)c(C#N)c(O)[nH]c2=O)cc1. The molecule has 0 aliphatic heterocycles. The summed E-state index contributed by atoms with van der Waals surface area (Å²) in [6.07, 6.45) is 1.42. The molecule has 0 bridgehead atoms. The van der Waals surface area contributed by atoms with E-state index >= 15 is 0 Å². The number of hydrogen-bond donors (Lipinski definition) is 3. The Labute approximate surface area is 149 Å². The molecular formula is C16H15N5O4S. The van der Waals surface area contributed by atoms with E-state index in [2.05, 4.69) is 26.5 Å². The Hall–Kier alpha value is -3.29. The van der Waals surface area contributed by atoms with Crippen LogP contribution in [0, 0.1) is 18.3 Å². The molecule has 0 amide bonds. The smallest absolute Gasteiger partial charge is 0.278 e. The van der Waals surface area contributed by atoms with Gasteiger partial charge in [-0.15, -0.1) is 11.7 Å². The topological polar surface area (TPSA) is 148 Å². The highest BCUT2D eigenvalue weighted by Crippen LogP contribution is 2.25. The monoisotopic (exact) mass is 373 g/mol. The summed E-state index contributed by atoms with van der Waals surface area (Å²) in [5.74, 6) is -0.532. The van der Waals surface area contributed by atoms with E-state index in [1.807, 2.05) is 0 Å². The molecule has 0 atom stereocenters. The molecule has 1 aromatic carbocycles. The van der Waals surface area contributed by atoms with Gasteiger partial charge in [-0.1, -0.05) is 6.08 Å². The van der Waals surface area contributed by atoms with Crippen LogP contribution in [0.1, 0.15) is 11.1 Å². The van der Waals surface area contributed by atoms with E-state index in [-0.39, 0.29) is 28.3 Å². The van der Waals surface area contributed by atoms with Gasteiger partial charge in [0.15, 0.2) is 5.69 Å². The molecule has 2 rings (SSSR count). The molecule has 0 aliphatic carbocycles. The van der Waals surface area contributed by atoms with Crippen LogP contribution in [-0.4, -0.2) is 25.1 Å². The molecule has 0 saturated carbocycles. The number of aromatic amines is 1. The third-order valence-corrected chi connectivity index (χ3v) is 4.80. The molecule has 3 N–H and O–H groups in total. The van der Waals surface area contributed by atoms with Gasteiger partial charge in [0.1, 0.15) is 11.6 Å². The molecule has 0 saturated heterocycles. The van der Waals surface area contributed by atoms with Crippen LogP contribution in [0.15, 0.2) is 56.8 Å². The van der Waals surface area contributed by atoms with Crippen LogP contribution < -0.4 is 10.3 Å². The molecule has 10 heteroatoms. The van der Waals surface area contributed by atoms with Crippen molar-refractivity contribution >= 4 is 21.4 Å². The number of nitrogens with one attached hydrogen (secondary N) is 2. The Bertz CT molecular complexity index is 1060. The van der Waals surface area contributed by atoms with Crippen molar-refractivity contribution in [2.24, 2.45) is 10.2 Å². The first-order chi connectivity index (χ1) is 12.3. The summed E-state index contributed by atoms with van der Waals surface area (Å²) >= 11 is 0. The zero-order valence-corrected chi connectivity index (χ0v) is 14.5. The fourth-order valence-corrected chi connectivity index (χ4v) is 3.00. The minimum atomic E-state index is -3.65. The second-order valence-corrected chi connectivity index (χ2v) is 6.86. The molecule has 1 heterocycles. The zero-order chi connectivity index (χ0) is 19.3. The maximum absolute atomic E-state index is 12.0. The summed E-state index contributed by atoms with van der Waals surface area (Å²) < 4.78 is 26.3. The fourth-order valence-electron chi connectivity index (χ4n) is 2.00. The van der Waals surface area contributed by atoms with Gasteiger partial charge in [-0.25, -0.2) is 13.1 Å². The van der Waals surface area contributed by atoms with Crippen LogP contribution in [-0.2, 0) is 10.0 Å². The fraction of sp³-hybridized carbons (Fsp3) is 0.125. The van der Waals surface area contributed by atoms with Gasteiger partial charge in [0.25, 0.3) is 5.56 Å². The van der Waals surface area contributed by atoms with E-state index in [4.69, 9.17) is 5.26 Å². The van der Waals surface area contributed by atoms with Crippen molar-refractivity contribution in [1.82, 2.24) is 9.71 Å². The average Bonchev–Trinajstić information content (AvgIpc) is 2.60. The predicted octanol–water partition coefficient (Wildman–Crippen LogP) is 2.14. The van der Waals surface area contributed by atoms with E-state index in [9.17, 15) is 18.3 Å². The van der Waals surface area contributed by atoms with Crippen LogP contribution in [0.4, 0.5) is 11.4 Å². The highest BCUT2D eigenvalue weighted by molar-refractivity contribution is 7.89. The summed E-state index contributed by atoms with van der Waals surface area (Å²) in [5.41, 5.74) is -0.434. The number of nitrogens with zero attached hydrogens (tertiary/aromatic N) is 3. The molecule has 0 unspecified atom stereocenters. The number of aromatic hydroxyl groups is 1. The van der Waals surface area contributed by atoms with Gasteiger partial charge in [0.05, 0.1) is 10.6 Å². The van der Waals surface area contributed by atoms with Crippen LogP contribution in [0.2, 0.25) is 0 Å². The minimum absolute atomic E-state index is 0.0451. The number of pyridine rings is 1. The molecule has 0 radical (unpaired) electrons. The Balaban J connectivity index is 2.32. The Morgan fingerprint density at radius 2 is 2.00 bits per heavy atom. The van der Waals surface area contributed by atoms with Crippen molar-refractivity contribution in [3.05, 3.63) is 58.4 Å². The summed E-state index contributed by atoms with van der Waals surface area (Å²) in [7, 11) is -3.65. The van der Waals surface area contributed by atoms with E-state index in [0.717, 1.165) is 0 Å². The van der Waals surface area contributed by atoms with E-state index in [1.54, 1.807) is 6.07 Å². The highest BCUT2D eigenvalue weighted by Gasteiger charge is 2.14. The number of azo groups is 1. The summed E-state index contributed by atoms with van der Waals surface area (Å²) in [6.45, 7) is 5.00. The maximum Gasteiger partial charge on any atom is 0.278 e. The summed E-state index contributed by atoms with van der Waals surface area (Å²) in [4.78, 5) is 14.0. The third kappa shape index (κ3) is 4.02. The zero-order valence-electron chi connectivity index (χ0n) is 13.7. The first-order valence-corrected chi connectivity index (χ1v) is 8.76. The third-order valence-electron chi connectivity index (χ3n) is 3.36. The largest absolute Gasteiger partial charge is 0.494 e. The highest BCUT2D eigenvalue weighted by atomic mass is 32.2. The van der Waals surface area contributed by atoms with Crippen LogP contribution in [0.3, 0.4) is 0 Å². The van der Waals surface area contributed by atoms with Gasteiger partial charge in [0.2, 0.25) is 15.9 Å². The number of nitriles is 1. The second kappa shape index (κ2) is 7.73. The lowest BCUT2D eigenvalue weighted by molar-refractivity contribution is 0.449. The molecule has 134 valence electrons. The van der Waals surface area contributed by atoms with Gasteiger partial charge in [0, 0.05) is 12.1 Å². The van der Waals surface area contributed by atoms with E-state index in [0.29, 0.717) is 5.69 Å². The molecule has 26 heavy (non-hydrogen) atoms. The minimum Gasteiger partial charge on any atom is -0.494 e. The molecule has 0 aliphatic rings. The standard InChI is InChI=1S/C16H15N5O4S/c1-3-8-18-26(24,25)12-6-4-11(5-7-12)20-21-14-10(2)13(9-17)15(22)19-16(14)23/h3-7,18H,1,8H2,2H3,(H2,19,22,23). The number of benzene rings is 1. The summed E-state index contributed by atoms with van der Waals surface area (Å²) in [6, 6.07) is 7.29. The van der Waals surface area contributed by atoms with E-state index in [1.165, 1.54) is 37.3 Å². The van der Waals surface area contributed by atoms with Crippen LogP contribution in [0.25, 0.3) is 0 Å². The lowest BCUT2D eigenvalue weighted by atomic mass is 10.1. The average molecular weight is 373 g/mol. The predicted molar refractivity (Wildman–Crippen MR) is 94.2 cm³/mol. The second-order valence-electron chi connectivity index (χ2n) is 5.10. The Morgan fingerprint density at radius 3 is 2.58 bits per heavy atom. The lowest BCUT2D eigenvalue weighted by Gasteiger charge is -2.04. The first-order valence-electron chi connectivity index (χ1n) is 7.28. The quantitative estimate of drug-likeness (QED) is 0.524. The van der Waals surface area contributed by atoms with E-state index < -0.39 is 21.5 Å². The van der Waals surface area contributed by atoms with Crippen molar-refractivity contribution in [3.8, 4) is 11.9 Å². The molecule has 1 aromatic heterocycles. The van der Waals surface area contributed by atoms with Crippen molar-refractivity contribution in [2.45, 2.75) is 11.8 Å². The normalized spacial score (nSPS) is 11.4. The van der Waals surface area contributed by atoms with Gasteiger partial charge < -0.3 is 5.11 Å². The number of H-pyrrole nitrogens is 1. The van der Waals surface area contributed by atoms with Gasteiger partial charge >= 0.3 is 0 Å². The van der Waals surface area contributed by atoms with Crippen molar-refractivity contribution in [2.75, 3.05) is 6.54 Å². The molecular weight excluding hydrogens is 358 g/mol. The molecule has 2 aromatic rings. The van der Waals surface area contributed by atoms with Crippen molar-refractivity contribution in [1.29, 1.82) is 5.26 Å². The van der Waals surface area contributed by atoms with Gasteiger partial charge in [-0.05, 0) is 31.2 Å².